The van der Waals surface area contributed by atoms with Gasteiger partial charge in [-0.05, 0) is 64.2 Å². The van der Waals surface area contributed by atoms with Crippen molar-refractivity contribution in [3.8, 4) is 0 Å². The fourth-order valence-corrected chi connectivity index (χ4v) is 4.90. The highest BCUT2D eigenvalue weighted by molar-refractivity contribution is 5.76. The minimum Gasteiger partial charge on any atom is -0.394 e. The molecule has 0 spiro atoms. The normalized spacial score (nSPS) is 14.0. The van der Waals surface area contributed by atoms with E-state index in [4.69, 9.17) is 0 Å². The van der Waals surface area contributed by atoms with Gasteiger partial charge in [0.15, 0.2) is 0 Å². The van der Waals surface area contributed by atoms with Gasteiger partial charge >= 0.3 is 0 Å². The Labute approximate surface area is 272 Å². The Morgan fingerprint density at radius 2 is 1.02 bits per heavy atom. The van der Waals surface area contributed by atoms with Crippen molar-refractivity contribution in [1.29, 1.82) is 0 Å². The lowest BCUT2D eigenvalue weighted by Gasteiger charge is -2.19. The first kappa shape index (κ1) is 41.8. The maximum absolute atomic E-state index is 12.2. The molecule has 0 aromatic heterocycles. The number of rotatable bonds is 31. The summed E-state index contributed by atoms with van der Waals surface area (Å²) >= 11 is 0. The van der Waals surface area contributed by atoms with Crippen molar-refractivity contribution in [1.82, 2.24) is 5.32 Å². The van der Waals surface area contributed by atoms with Crippen molar-refractivity contribution in [3.63, 3.8) is 0 Å². The van der Waals surface area contributed by atoms with Gasteiger partial charge in [0.25, 0.3) is 0 Å². The van der Waals surface area contributed by atoms with Crippen LogP contribution in [0.2, 0.25) is 0 Å². The molecule has 44 heavy (non-hydrogen) atoms. The van der Waals surface area contributed by atoms with E-state index in [0.29, 0.717) is 6.42 Å². The predicted octanol–water partition coefficient (Wildman–Crippen LogP) is 10.8. The highest BCUT2D eigenvalue weighted by Gasteiger charge is 2.17. The monoisotopic (exact) mass is 612 g/mol. The third-order valence-corrected chi connectivity index (χ3v) is 7.65. The van der Waals surface area contributed by atoms with Crippen LogP contribution in [0.4, 0.5) is 0 Å². The highest BCUT2D eigenvalue weighted by Crippen LogP contribution is 2.13. The molecule has 1 amide bonds. The fourth-order valence-electron chi connectivity index (χ4n) is 4.90. The number of aliphatic hydroxyl groups is 2. The maximum atomic E-state index is 12.2. The Morgan fingerprint density at radius 1 is 0.568 bits per heavy atom. The molecule has 0 saturated carbocycles. The first-order valence-corrected chi connectivity index (χ1v) is 18.2. The minimum atomic E-state index is -0.861. The summed E-state index contributed by atoms with van der Waals surface area (Å²) in [6.45, 7) is 4.06. The smallest absolute Gasteiger partial charge is 0.220 e. The van der Waals surface area contributed by atoms with Crippen LogP contribution in [0, 0.1) is 0 Å². The highest BCUT2D eigenvalue weighted by atomic mass is 16.3. The number of nitrogens with one attached hydrogen (secondary N) is 1. The summed E-state index contributed by atoms with van der Waals surface area (Å²) in [5, 5.41) is 22.7. The van der Waals surface area contributed by atoms with E-state index in [-0.39, 0.29) is 12.5 Å². The molecule has 0 aliphatic heterocycles. The molecule has 0 bridgehead atoms. The summed E-state index contributed by atoms with van der Waals surface area (Å²) in [6.07, 6.45) is 50.1. The van der Waals surface area contributed by atoms with Crippen LogP contribution in [-0.4, -0.2) is 34.9 Å². The van der Waals surface area contributed by atoms with E-state index in [9.17, 15) is 15.0 Å². The lowest BCUT2D eigenvalue weighted by atomic mass is 10.0. The van der Waals surface area contributed by atoms with Gasteiger partial charge in [0.05, 0.1) is 18.8 Å². The van der Waals surface area contributed by atoms with Crippen molar-refractivity contribution >= 4 is 5.91 Å². The van der Waals surface area contributed by atoms with Gasteiger partial charge in [-0.1, -0.05) is 157 Å². The number of hydrogen-bond acceptors (Lipinski definition) is 3. The van der Waals surface area contributed by atoms with Gasteiger partial charge in [-0.25, -0.2) is 0 Å². The van der Waals surface area contributed by atoms with Crippen LogP contribution in [0.1, 0.15) is 155 Å². The molecule has 4 nitrogen and oxygen atoms in total. The van der Waals surface area contributed by atoms with Gasteiger partial charge in [-0.3, -0.25) is 4.79 Å². The Balaban J connectivity index is 3.55. The summed E-state index contributed by atoms with van der Waals surface area (Å²) in [4.78, 5) is 12.2. The van der Waals surface area contributed by atoms with Crippen LogP contribution in [0.5, 0.6) is 0 Å². The van der Waals surface area contributed by atoms with E-state index in [0.717, 1.165) is 64.2 Å². The molecule has 0 aliphatic carbocycles. The standard InChI is InChI=1S/C40H69NO3/c1-3-5-7-9-11-12-13-14-15-16-17-18-19-20-21-22-23-24-25-26-27-28-30-32-34-36-40(44)41-38(37-42)39(43)35-33-31-29-10-8-6-4-2/h5,7-8,10-12,14-15,17-18,33,35,38-39,42-43H,3-4,6,9,13,16,19-32,34,36-37H2,1-2H3,(H,41,44)/b7-5-,10-8+,12-11-,15-14-,18-17-,35-33+. The average molecular weight is 612 g/mol. The Bertz CT molecular complexity index is 792. The van der Waals surface area contributed by atoms with Crippen LogP contribution < -0.4 is 5.32 Å². The summed E-state index contributed by atoms with van der Waals surface area (Å²) < 4.78 is 0. The van der Waals surface area contributed by atoms with E-state index in [2.05, 4.69) is 79.9 Å². The van der Waals surface area contributed by atoms with Crippen molar-refractivity contribution in [2.75, 3.05) is 6.61 Å². The first-order valence-electron chi connectivity index (χ1n) is 18.2. The van der Waals surface area contributed by atoms with Gasteiger partial charge < -0.3 is 15.5 Å². The molecule has 0 aromatic rings. The molecule has 3 N–H and O–H groups in total. The molecule has 0 heterocycles. The van der Waals surface area contributed by atoms with Gasteiger partial charge in [-0.15, -0.1) is 0 Å². The van der Waals surface area contributed by atoms with E-state index >= 15 is 0 Å². The lowest BCUT2D eigenvalue weighted by molar-refractivity contribution is -0.123. The Kier molecular flexibility index (Phi) is 33.6. The zero-order valence-electron chi connectivity index (χ0n) is 28.6. The molecule has 0 radical (unpaired) electrons. The second-order valence-electron chi connectivity index (χ2n) is 11.9. The average Bonchev–Trinajstić information content (AvgIpc) is 3.03. The van der Waals surface area contributed by atoms with Crippen LogP contribution in [-0.2, 0) is 4.79 Å². The predicted molar refractivity (Wildman–Crippen MR) is 193 cm³/mol. The summed E-state index contributed by atoms with van der Waals surface area (Å²) in [5.41, 5.74) is 0. The zero-order chi connectivity index (χ0) is 32.2. The Morgan fingerprint density at radius 3 is 1.57 bits per heavy atom. The number of allylic oxidation sites excluding steroid dienone is 11. The number of aliphatic hydroxyl groups excluding tert-OH is 2. The molecular formula is C40H69NO3. The SMILES string of the molecule is CC/C=C\C/C=C\C/C=C\C/C=C\CCCCCCCCCCCCCCC(=O)NC(CO)C(O)/C=C/CC/C=C/CCC. The van der Waals surface area contributed by atoms with Crippen LogP contribution >= 0.6 is 0 Å². The van der Waals surface area contributed by atoms with Crippen LogP contribution in [0.15, 0.2) is 72.9 Å². The van der Waals surface area contributed by atoms with Crippen molar-refractivity contribution in [2.24, 2.45) is 0 Å². The molecule has 0 rings (SSSR count). The van der Waals surface area contributed by atoms with E-state index < -0.39 is 12.1 Å². The fraction of sp³-hybridized carbons (Fsp3) is 0.675. The van der Waals surface area contributed by atoms with Crippen molar-refractivity contribution in [2.45, 2.75) is 167 Å². The quantitative estimate of drug-likeness (QED) is 0.0539. The third kappa shape index (κ3) is 31.3. The molecule has 0 fully saturated rings. The molecule has 0 saturated heterocycles. The van der Waals surface area contributed by atoms with E-state index in [1.165, 1.54) is 70.6 Å². The lowest BCUT2D eigenvalue weighted by Crippen LogP contribution is -2.45. The number of unbranched alkanes of at least 4 members (excludes halogenated alkanes) is 14. The molecule has 252 valence electrons. The maximum Gasteiger partial charge on any atom is 0.220 e. The number of hydrogen-bond donors (Lipinski definition) is 3. The topological polar surface area (TPSA) is 69.6 Å². The molecule has 0 aromatic carbocycles. The third-order valence-electron chi connectivity index (χ3n) is 7.65. The van der Waals surface area contributed by atoms with Gasteiger partial charge in [0, 0.05) is 6.42 Å². The number of carbonyl (C=O) groups is 1. The molecule has 2 atom stereocenters. The zero-order valence-corrected chi connectivity index (χ0v) is 28.6. The van der Waals surface area contributed by atoms with E-state index in [1.54, 1.807) is 6.08 Å². The van der Waals surface area contributed by atoms with Crippen LogP contribution in [0.25, 0.3) is 0 Å². The number of carbonyl (C=O) groups excluding carboxylic acids is 1. The summed E-state index contributed by atoms with van der Waals surface area (Å²) in [6, 6.07) is -0.639. The first-order chi connectivity index (χ1) is 21.7. The van der Waals surface area contributed by atoms with Crippen molar-refractivity contribution < 1.29 is 15.0 Å². The Hall–Kier alpha value is -2.17. The van der Waals surface area contributed by atoms with Crippen LogP contribution in [0.3, 0.4) is 0 Å². The van der Waals surface area contributed by atoms with E-state index in [1.807, 2.05) is 6.08 Å². The van der Waals surface area contributed by atoms with Gasteiger partial charge in [0.1, 0.15) is 0 Å². The summed E-state index contributed by atoms with van der Waals surface area (Å²) in [5.74, 6) is -0.0857. The second-order valence-corrected chi connectivity index (χ2v) is 11.9. The summed E-state index contributed by atoms with van der Waals surface area (Å²) in [7, 11) is 0. The van der Waals surface area contributed by atoms with Gasteiger partial charge in [0.2, 0.25) is 5.91 Å². The molecule has 2 unspecified atom stereocenters. The molecule has 0 aliphatic rings. The van der Waals surface area contributed by atoms with Crippen molar-refractivity contribution in [3.05, 3.63) is 72.9 Å². The molecule has 4 heteroatoms. The minimum absolute atomic E-state index is 0.0857. The molecular weight excluding hydrogens is 542 g/mol. The van der Waals surface area contributed by atoms with Gasteiger partial charge in [-0.2, -0.15) is 0 Å². The largest absolute Gasteiger partial charge is 0.394 e. The number of amides is 1. The second kappa shape index (κ2) is 35.3.